The molecular formula is C10H18N2O. The highest BCUT2D eigenvalue weighted by molar-refractivity contribution is 5.12. The lowest BCUT2D eigenvalue weighted by atomic mass is 10.1. The molecule has 0 aliphatic rings. The second-order valence-electron chi connectivity index (χ2n) is 3.67. The van der Waals surface area contributed by atoms with Gasteiger partial charge in [-0.1, -0.05) is 13.8 Å². The molecule has 1 aromatic heterocycles. The Kier molecular flexibility index (Phi) is 3.48. The van der Waals surface area contributed by atoms with Gasteiger partial charge in [0, 0.05) is 18.8 Å². The normalized spacial score (nSPS) is 11.2. The zero-order valence-corrected chi connectivity index (χ0v) is 8.62. The fourth-order valence-electron chi connectivity index (χ4n) is 1.43. The molecule has 0 radical (unpaired) electrons. The van der Waals surface area contributed by atoms with Gasteiger partial charge < -0.3 is 5.11 Å². The van der Waals surface area contributed by atoms with Crippen LogP contribution in [0.1, 0.15) is 37.6 Å². The van der Waals surface area contributed by atoms with Crippen LogP contribution in [0.25, 0.3) is 0 Å². The number of rotatable bonds is 4. The molecule has 0 fully saturated rings. The minimum atomic E-state index is 0.233. The molecule has 1 rings (SSSR count). The molecule has 0 unspecified atom stereocenters. The molecule has 0 atom stereocenters. The van der Waals surface area contributed by atoms with E-state index in [2.05, 4.69) is 25.0 Å². The van der Waals surface area contributed by atoms with Gasteiger partial charge in [0.05, 0.1) is 5.69 Å². The highest BCUT2D eigenvalue weighted by Gasteiger charge is 2.07. The van der Waals surface area contributed by atoms with Gasteiger partial charge in [0.15, 0.2) is 0 Å². The van der Waals surface area contributed by atoms with Crippen LogP contribution in [0.5, 0.6) is 0 Å². The van der Waals surface area contributed by atoms with Gasteiger partial charge in [-0.05, 0) is 25.3 Å². The Balaban J connectivity index is 2.78. The van der Waals surface area contributed by atoms with Gasteiger partial charge in [-0.15, -0.1) is 0 Å². The van der Waals surface area contributed by atoms with Gasteiger partial charge in [0.2, 0.25) is 0 Å². The summed E-state index contributed by atoms with van der Waals surface area (Å²) in [6, 6.07) is 2.11. The van der Waals surface area contributed by atoms with Gasteiger partial charge in [0.1, 0.15) is 0 Å². The van der Waals surface area contributed by atoms with Crippen molar-refractivity contribution in [3.05, 3.63) is 17.5 Å². The fraction of sp³-hybridized carbons (Fsp3) is 0.700. The smallest absolute Gasteiger partial charge is 0.0596 e. The highest BCUT2D eigenvalue weighted by Crippen LogP contribution is 2.15. The zero-order valence-electron chi connectivity index (χ0n) is 8.62. The summed E-state index contributed by atoms with van der Waals surface area (Å²) in [6.07, 6.45) is 0.779. The molecule has 0 saturated heterocycles. The molecule has 0 spiro atoms. The van der Waals surface area contributed by atoms with E-state index in [0.29, 0.717) is 5.92 Å². The predicted octanol–water partition coefficient (Wildman–Crippen LogP) is 1.70. The maximum Gasteiger partial charge on any atom is 0.0596 e. The van der Waals surface area contributed by atoms with Crippen LogP contribution in [0.3, 0.4) is 0 Å². The number of aliphatic hydroxyl groups is 1. The van der Waals surface area contributed by atoms with Crippen molar-refractivity contribution in [1.82, 2.24) is 9.78 Å². The average Bonchev–Trinajstić information content (AvgIpc) is 2.43. The molecule has 0 aliphatic carbocycles. The fourth-order valence-corrected chi connectivity index (χ4v) is 1.43. The Bertz CT molecular complexity index is 266. The van der Waals surface area contributed by atoms with Crippen LogP contribution in [0.2, 0.25) is 0 Å². The van der Waals surface area contributed by atoms with Crippen molar-refractivity contribution in [1.29, 1.82) is 0 Å². The first-order chi connectivity index (χ1) is 6.15. The first kappa shape index (κ1) is 10.3. The minimum absolute atomic E-state index is 0.233. The summed E-state index contributed by atoms with van der Waals surface area (Å²) in [7, 11) is 0. The van der Waals surface area contributed by atoms with Crippen LogP contribution < -0.4 is 0 Å². The van der Waals surface area contributed by atoms with Crippen molar-refractivity contribution in [2.24, 2.45) is 0 Å². The van der Waals surface area contributed by atoms with Gasteiger partial charge in [-0.2, -0.15) is 5.10 Å². The Labute approximate surface area is 79.4 Å². The lowest BCUT2D eigenvalue weighted by Crippen LogP contribution is -2.07. The molecule has 0 saturated carbocycles. The third-order valence-corrected chi connectivity index (χ3v) is 2.05. The number of aromatic nitrogens is 2. The summed E-state index contributed by atoms with van der Waals surface area (Å²) in [5.41, 5.74) is 2.31. The van der Waals surface area contributed by atoms with E-state index in [9.17, 15) is 0 Å². The standard InChI is InChI=1S/C10H18N2O/c1-8(2)10-7-9(3)11-12(10)5-4-6-13/h7-8,13H,4-6H2,1-3H3. The lowest BCUT2D eigenvalue weighted by Gasteiger charge is -2.08. The molecule has 0 bridgehead atoms. The summed E-state index contributed by atoms with van der Waals surface area (Å²) in [5, 5.41) is 13.1. The van der Waals surface area contributed by atoms with Crippen molar-refractivity contribution in [2.45, 2.75) is 39.7 Å². The monoisotopic (exact) mass is 182 g/mol. The first-order valence-electron chi connectivity index (χ1n) is 4.80. The topological polar surface area (TPSA) is 38.0 Å². The van der Waals surface area contributed by atoms with Crippen molar-refractivity contribution in [3.63, 3.8) is 0 Å². The van der Waals surface area contributed by atoms with Gasteiger partial charge in [-0.3, -0.25) is 4.68 Å². The van der Waals surface area contributed by atoms with Crippen molar-refractivity contribution >= 4 is 0 Å². The molecule has 0 amide bonds. The Morgan fingerprint density at radius 3 is 2.77 bits per heavy atom. The first-order valence-corrected chi connectivity index (χ1v) is 4.80. The summed E-state index contributed by atoms with van der Waals surface area (Å²) in [4.78, 5) is 0. The SMILES string of the molecule is Cc1cc(C(C)C)n(CCCO)n1. The van der Waals surface area contributed by atoms with E-state index in [1.165, 1.54) is 5.69 Å². The van der Waals surface area contributed by atoms with E-state index >= 15 is 0 Å². The molecular weight excluding hydrogens is 164 g/mol. The van der Waals surface area contributed by atoms with Gasteiger partial charge in [-0.25, -0.2) is 0 Å². The number of aryl methyl sites for hydroxylation is 2. The average molecular weight is 182 g/mol. The number of nitrogens with zero attached hydrogens (tertiary/aromatic N) is 2. The van der Waals surface area contributed by atoms with Crippen molar-refractivity contribution in [2.75, 3.05) is 6.61 Å². The summed E-state index contributed by atoms with van der Waals surface area (Å²) >= 11 is 0. The molecule has 1 heterocycles. The second-order valence-corrected chi connectivity index (χ2v) is 3.67. The van der Waals surface area contributed by atoms with E-state index in [4.69, 9.17) is 5.11 Å². The Morgan fingerprint density at radius 2 is 2.23 bits per heavy atom. The molecule has 0 aromatic carbocycles. The molecule has 13 heavy (non-hydrogen) atoms. The molecule has 1 aromatic rings. The van der Waals surface area contributed by atoms with Crippen molar-refractivity contribution < 1.29 is 5.11 Å². The third kappa shape index (κ3) is 2.56. The summed E-state index contributed by atoms with van der Waals surface area (Å²) in [6.45, 7) is 7.37. The minimum Gasteiger partial charge on any atom is -0.396 e. The maximum atomic E-state index is 8.72. The van der Waals surface area contributed by atoms with Crippen LogP contribution in [0, 0.1) is 6.92 Å². The van der Waals surface area contributed by atoms with Crippen LogP contribution >= 0.6 is 0 Å². The van der Waals surface area contributed by atoms with E-state index < -0.39 is 0 Å². The van der Waals surface area contributed by atoms with E-state index in [1.807, 2.05) is 11.6 Å². The molecule has 3 nitrogen and oxygen atoms in total. The number of hydrogen-bond donors (Lipinski definition) is 1. The van der Waals surface area contributed by atoms with Gasteiger partial charge >= 0.3 is 0 Å². The van der Waals surface area contributed by atoms with Gasteiger partial charge in [0.25, 0.3) is 0 Å². The molecule has 74 valence electrons. The molecule has 0 aliphatic heterocycles. The van der Waals surface area contributed by atoms with Crippen LogP contribution in [-0.4, -0.2) is 21.5 Å². The number of aliphatic hydroxyl groups excluding tert-OH is 1. The van der Waals surface area contributed by atoms with E-state index in [0.717, 1.165) is 18.7 Å². The Morgan fingerprint density at radius 1 is 1.54 bits per heavy atom. The summed E-state index contributed by atoms with van der Waals surface area (Å²) in [5.74, 6) is 0.500. The predicted molar refractivity (Wildman–Crippen MR) is 52.8 cm³/mol. The zero-order chi connectivity index (χ0) is 9.84. The quantitative estimate of drug-likeness (QED) is 0.769. The lowest BCUT2D eigenvalue weighted by molar-refractivity contribution is 0.275. The maximum absolute atomic E-state index is 8.72. The highest BCUT2D eigenvalue weighted by atomic mass is 16.3. The largest absolute Gasteiger partial charge is 0.396 e. The van der Waals surface area contributed by atoms with Crippen LogP contribution in [0.15, 0.2) is 6.07 Å². The molecule has 1 N–H and O–H groups in total. The second kappa shape index (κ2) is 4.42. The van der Waals surface area contributed by atoms with Crippen LogP contribution in [-0.2, 0) is 6.54 Å². The summed E-state index contributed by atoms with van der Waals surface area (Å²) < 4.78 is 2.00. The Hall–Kier alpha value is -0.830. The van der Waals surface area contributed by atoms with E-state index in [-0.39, 0.29) is 6.61 Å². The third-order valence-electron chi connectivity index (χ3n) is 2.05. The van der Waals surface area contributed by atoms with Crippen molar-refractivity contribution in [3.8, 4) is 0 Å². The van der Waals surface area contributed by atoms with Crippen LogP contribution in [0.4, 0.5) is 0 Å². The molecule has 3 heteroatoms. The van der Waals surface area contributed by atoms with E-state index in [1.54, 1.807) is 0 Å². The number of hydrogen-bond acceptors (Lipinski definition) is 2.